The van der Waals surface area contributed by atoms with E-state index in [1.807, 2.05) is 85.1 Å². The summed E-state index contributed by atoms with van der Waals surface area (Å²) in [5.74, 6) is 1.30. The third-order valence-corrected chi connectivity index (χ3v) is 8.44. The number of nitrogens with zero attached hydrogens (tertiary/aromatic N) is 4. The van der Waals surface area contributed by atoms with Gasteiger partial charge in [0.2, 0.25) is 0 Å². The SMILES string of the molecule is C=Nc1ncc(-c2cccc3oc4ccccc4c23)c(-c2ccc(-c3cc(-c4ccccc4)nc(-c4ccccc4)n3)cc2)c1C. The van der Waals surface area contributed by atoms with Crippen molar-refractivity contribution >= 4 is 34.5 Å². The number of fused-ring (bicyclic) bond motifs is 3. The fraction of sp³-hybridized carbons (Fsp3) is 0.0244. The molecule has 0 unspecified atom stereocenters. The van der Waals surface area contributed by atoms with E-state index >= 15 is 0 Å². The number of aliphatic imine (C=N–C) groups is 1. The van der Waals surface area contributed by atoms with Crippen LogP contribution in [0.25, 0.3) is 78.1 Å². The van der Waals surface area contributed by atoms with Gasteiger partial charge in [0, 0.05) is 44.8 Å². The predicted molar refractivity (Wildman–Crippen MR) is 188 cm³/mol. The van der Waals surface area contributed by atoms with E-state index in [1.54, 1.807) is 0 Å². The van der Waals surface area contributed by atoms with Gasteiger partial charge in [-0.1, -0.05) is 115 Å². The normalized spacial score (nSPS) is 11.2. The van der Waals surface area contributed by atoms with E-state index in [4.69, 9.17) is 19.4 Å². The Labute approximate surface area is 266 Å². The molecule has 0 saturated heterocycles. The van der Waals surface area contributed by atoms with Crippen molar-refractivity contribution in [2.75, 3.05) is 0 Å². The Morgan fingerprint density at radius 3 is 1.91 bits per heavy atom. The predicted octanol–water partition coefficient (Wildman–Crippen LogP) is 10.7. The molecule has 8 aromatic rings. The lowest BCUT2D eigenvalue weighted by Gasteiger charge is -2.16. The van der Waals surface area contributed by atoms with Gasteiger partial charge in [0.1, 0.15) is 11.2 Å². The third kappa shape index (κ3) is 4.75. The Hall–Kier alpha value is -6.20. The van der Waals surface area contributed by atoms with E-state index in [0.29, 0.717) is 11.6 Å². The first-order chi connectivity index (χ1) is 22.7. The molecule has 46 heavy (non-hydrogen) atoms. The number of hydrogen-bond acceptors (Lipinski definition) is 5. The molecule has 0 aliphatic rings. The third-order valence-electron chi connectivity index (χ3n) is 8.44. The summed E-state index contributed by atoms with van der Waals surface area (Å²) in [5.41, 5.74) is 11.6. The molecule has 0 atom stereocenters. The van der Waals surface area contributed by atoms with Gasteiger partial charge in [0.05, 0.1) is 11.4 Å². The molecule has 5 nitrogen and oxygen atoms in total. The van der Waals surface area contributed by atoms with Crippen molar-refractivity contribution in [2.24, 2.45) is 4.99 Å². The second-order valence-electron chi connectivity index (χ2n) is 11.2. The van der Waals surface area contributed by atoms with Gasteiger partial charge in [-0.2, -0.15) is 0 Å². The van der Waals surface area contributed by atoms with Crippen molar-refractivity contribution in [1.82, 2.24) is 15.0 Å². The quantitative estimate of drug-likeness (QED) is 0.180. The standard InChI is InChI=1S/C41H28N4O/c1-26-38(33(25-43-40(26)42-2)31-17-11-19-37-39(31)32-16-9-10-18-36(32)46-37)29-22-20-28(21-23-29)35-24-34(27-12-5-3-6-13-27)44-41(45-35)30-14-7-4-8-15-30/h3-25H,2H2,1H3. The summed E-state index contributed by atoms with van der Waals surface area (Å²) in [4.78, 5) is 18.9. The number of pyridine rings is 1. The van der Waals surface area contributed by atoms with Crippen molar-refractivity contribution in [2.45, 2.75) is 6.92 Å². The fourth-order valence-electron chi connectivity index (χ4n) is 6.21. The summed E-state index contributed by atoms with van der Waals surface area (Å²) >= 11 is 0. The molecule has 0 N–H and O–H groups in total. The van der Waals surface area contributed by atoms with Crippen LogP contribution in [0.1, 0.15) is 5.56 Å². The highest BCUT2D eigenvalue weighted by Crippen LogP contribution is 2.43. The first-order valence-electron chi connectivity index (χ1n) is 15.2. The van der Waals surface area contributed by atoms with E-state index in [2.05, 4.69) is 73.2 Å². The van der Waals surface area contributed by atoms with Crippen molar-refractivity contribution in [3.05, 3.63) is 145 Å². The number of furan rings is 1. The van der Waals surface area contributed by atoms with Crippen LogP contribution in [0, 0.1) is 6.92 Å². The summed E-state index contributed by atoms with van der Waals surface area (Å²) < 4.78 is 6.22. The van der Waals surface area contributed by atoms with Gasteiger partial charge in [0.15, 0.2) is 11.6 Å². The van der Waals surface area contributed by atoms with Crippen LogP contribution >= 0.6 is 0 Å². The van der Waals surface area contributed by atoms with Crippen molar-refractivity contribution in [1.29, 1.82) is 0 Å². The number of rotatable bonds is 6. The molecule has 0 aliphatic heterocycles. The van der Waals surface area contributed by atoms with Gasteiger partial charge in [0.25, 0.3) is 0 Å². The average Bonchev–Trinajstić information content (AvgIpc) is 3.51. The zero-order valence-corrected chi connectivity index (χ0v) is 25.2. The van der Waals surface area contributed by atoms with Gasteiger partial charge in [-0.05, 0) is 48.5 Å². The molecule has 0 aliphatic carbocycles. The molecule has 0 fully saturated rings. The minimum absolute atomic E-state index is 0.614. The molecular weight excluding hydrogens is 564 g/mol. The van der Waals surface area contributed by atoms with Gasteiger partial charge < -0.3 is 4.42 Å². The van der Waals surface area contributed by atoms with E-state index in [-0.39, 0.29) is 0 Å². The second kappa shape index (κ2) is 11.4. The number of hydrogen-bond donors (Lipinski definition) is 0. The van der Waals surface area contributed by atoms with E-state index < -0.39 is 0 Å². The van der Waals surface area contributed by atoms with Crippen LogP contribution in [0.5, 0.6) is 0 Å². The van der Waals surface area contributed by atoms with Crippen LogP contribution in [0.15, 0.2) is 149 Å². The molecule has 218 valence electrons. The second-order valence-corrected chi connectivity index (χ2v) is 11.2. The Morgan fingerprint density at radius 1 is 0.587 bits per heavy atom. The molecule has 0 saturated carbocycles. The molecular formula is C41H28N4O. The van der Waals surface area contributed by atoms with Crippen LogP contribution in [-0.4, -0.2) is 21.7 Å². The van der Waals surface area contributed by atoms with E-state index in [1.165, 1.54) is 0 Å². The largest absolute Gasteiger partial charge is 0.456 e. The van der Waals surface area contributed by atoms with Gasteiger partial charge in [-0.15, -0.1) is 0 Å². The molecule has 0 bridgehead atoms. The van der Waals surface area contributed by atoms with Gasteiger partial charge in [-0.3, -0.25) is 0 Å². The average molecular weight is 593 g/mol. The Kier molecular flexibility index (Phi) is 6.77. The minimum atomic E-state index is 0.614. The van der Waals surface area contributed by atoms with Crippen LogP contribution in [0.2, 0.25) is 0 Å². The first kappa shape index (κ1) is 27.4. The first-order valence-corrected chi connectivity index (χ1v) is 15.2. The topological polar surface area (TPSA) is 64.2 Å². The summed E-state index contributed by atoms with van der Waals surface area (Å²) in [7, 11) is 0. The summed E-state index contributed by atoms with van der Waals surface area (Å²) in [6.45, 7) is 5.85. The van der Waals surface area contributed by atoms with Crippen LogP contribution in [0.4, 0.5) is 5.82 Å². The van der Waals surface area contributed by atoms with Crippen LogP contribution < -0.4 is 0 Å². The van der Waals surface area contributed by atoms with Gasteiger partial charge in [-0.25, -0.2) is 19.9 Å². The van der Waals surface area contributed by atoms with Crippen LogP contribution in [-0.2, 0) is 0 Å². The molecule has 8 rings (SSSR count). The molecule has 5 heteroatoms. The zero-order chi connectivity index (χ0) is 31.0. The number of aromatic nitrogens is 3. The van der Waals surface area contributed by atoms with E-state index in [0.717, 1.165) is 77.8 Å². The monoisotopic (exact) mass is 592 g/mol. The van der Waals surface area contributed by atoms with E-state index in [9.17, 15) is 0 Å². The Bertz CT molecular complexity index is 2320. The number of benzene rings is 5. The lowest BCUT2D eigenvalue weighted by atomic mass is 9.90. The number of para-hydroxylation sites is 1. The molecule has 0 amide bonds. The maximum Gasteiger partial charge on any atom is 0.160 e. The van der Waals surface area contributed by atoms with Crippen molar-refractivity contribution in [3.8, 4) is 56.2 Å². The molecule has 3 aromatic heterocycles. The van der Waals surface area contributed by atoms with Crippen LogP contribution in [0.3, 0.4) is 0 Å². The summed E-state index contributed by atoms with van der Waals surface area (Å²) in [6, 6.07) is 45.3. The Morgan fingerprint density at radius 2 is 1.20 bits per heavy atom. The molecule has 3 heterocycles. The molecule has 0 spiro atoms. The maximum absolute atomic E-state index is 6.22. The summed E-state index contributed by atoms with van der Waals surface area (Å²) in [6.07, 6.45) is 1.90. The smallest absolute Gasteiger partial charge is 0.160 e. The molecule has 0 radical (unpaired) electrons. The molecule has 5 aromatic carbocycles. The minimum Gasteiger partial charge on any atom is -0.456 e. The highest BCUT2D eigenvalue weighted by molar-refractivity contribution is 6.13. The lowest BCUT2D eigenvalue weighted by molar-refractivity contribution is 0.669. The van der Waals surface area contributed by atoms with Crippen molar-refractivity contribution < 1.29 is 4.42 Å². The van der Waals surface area contributed by atoms with Crippen molar-refractivity contribution in [3.63, 3.8) is 0 Å². The summed E-state index contributed by atoms with van der Waals surface area (Å²) in [5, 5.41) is 2.14. The zero-order valence-electron chi connectivity index (χ0n) is 25.2. The fourth-order valence-corrected chi connectivity index (χ4v) is 6.21. The highest BCUT2D eigenvalue weighted by atomic mass is 16.3. The Balaban J connectivity index is 1.28. The van der Waals surface area contributed by atoms with Gasteiger partial charge >= 0.3 is 0 Å². The highest BCUT2D eigenvalue weighted by Gasteiger charge is 2.19. The maximum atomic E-state index is 6.22. The lowest BCUT2D eigenvalue weighted by Crippen LogP contribution is -1.96.